The Morgan fingerprint density at radius 1 is 0.971 bits per heavy atom. The second-order valence-corrected chi connectivity index (χ2v) is 11.0. The molecule has 0 aromatic heterocycles. The lowest BCUT2D eigenvalue weighted by molar-refractivity contribution is -0.139. The summed E-state index contributed by atoms with van der Waals surface area (Å²) in [5, 5.41) is 15.0. The van der Waals surface area contributed by atoms with Crippen LogP contribution in [0.2, 0.25) is 0 Å². The standard InChI is InChI=1S/C25H43N2O6P/c1-25(2,3)33-24(30)27-18-17-26-22(23(28)29)16-12-7-5-4-6-8-13-19-34(31)32-20-21-14-10-9-11-15-21/h9-11,14-15,22,26,34H,4-8,12-13,16-20H2,1-3H3,(H,27,30)(H,28,29)/t22-/m1/s1. The highest BCUT2D eigenvalue weighted by molar-refractivity contribution is 7.39. The number of carbonyl (C=O) groups excluding carboxylic acids is 1. The maximum Gasteiger partial charge on any atom is 0.407 e. The smallest absolute Gasteiger partial charge is 0.407 e. The number of nitrogens with one attached hydrogen (secondary N) is 2. The molecule has 0 heterocycles. The van der Waals surface area contributed by atoms with Crippen molar-refractivity contribution in [2.24, 2.45) is 0 Å². The third kappa shape index (κ3) is 16.7. The number of benzene rings is 1. The van der Waals surface area contributed by atoms with Gasteiger partial charge >= 0.3 is 12.1 Å². The van der Waals surface area contributed by atoms with Gasteiger partial charge in [0.2, 0.25) is 0 Å². The van der Waals surface area contributed by atoms with Crippen molar-refractivity contribution < 1.29 is 28.5 Å². The molecule has 1 amide bonds. The molecule has 3 N–H and O–H groups in total. The molecule has 0 aliphatic carbocycles. The van der Waals surface area contributed by atoms with Crippen LogP contribution in [0.25, 0.3) is 0 Å². The molecule has 8 nitrogen and oxygen atoms in total. The quantitative estimate of drug-likeness (QED) is 0.184. The van der Waals surface area contributed by atoms with Crippen molar-refractivity contribution >= 4 is 20.1 Å². The van der Waals surface area contributed by atoms with Gasteiger partial charge in [-0.3, -0.25) is 9.36 Å². The molecule has 0 radical (unpaired) electrons. The van der Waals surface area contributed by atoms with Gasteiger partial charge in [-0.05, 0) is 39.2 Å². The molecule has 0 spiro atoms. The molecular formula is C25H43N2O6P. The molecule has 0 saturated heterocycles. The van der Waals surface area contributed by atoms with Gasteiger partial charge in [-0.15, -0.1) is 0 Å². The fourth-order valence-corrected chi connectivity index (χ4v) is 4.36. The van der Waals surface area contributed by atoms with Crippen LogP contribution >= 0.6 is 8.03 Å². The van der Waals surface area contributed by atoms with E-state index in [1.807, 2.05) is 30.3 Å². The van der Waals surface area contributed by atoms with Crippen LogP contribution in [-0.2, 0) is 25.2 Å². The average molecular weight is 499 g/mol. The van der Waals surface area contributed by atoms with Gasteiger partial charge < -0.3 is 25.0 Å². The van der Waals surface area contributed by atoms with Gasteiger partial charge in [-0.2, -0.15) is 0 Å². The maximum absolute atomic E-state index is 12.0. The Kier molecular flexibility index (Phi) is 15.5. The van der Waals surface area contributed by atoms with Crippen LogP contribution in [0, 0.1) is 0 Å². The number of amides is 1. The van der Waals surface area contributed by atoms with E-state index in [4.69, 9.17) is 9.26 Å². The van der Waals surface area contributed by atoms with E-state index in [0.29, 0.717) is 32.3 Å². The molecule has 0 aliphatic heterocycles. The molecular weight excluding hydrogens is 455 g/mol. The van der Waals surface area contributed by atoms with Crippen LogP contribution in [0.1, 0.15) is 77.7 Å². The van der Waals surface area contributed by atoms with Crippen molar-refractivity contribution in [3.8, 4) is 0 Å². The predicted molar refractivity (Wildman–Crippen MR) is 136 cm³/mol. The molecule has 2 atom stereocenters. The molecule has 1 aromatic carbocycles. The van der Waals surface area contributed by atoms with Crippen molar-refractivity contribution in [1.82, 2.24) is 10.6 Å². The Hall–Kier alpha value is -1.89. The van der Waals surface area contributed by atoms with Crippen LogP contribution in [0.4, 0.5) is 4.79 Å². The van der Waals surface area contributed by atoms with Gasteiger partial charge in [0, 0.05) is 19.3 Å². The molecule has 0 aliphatic rings. The van der Waals surface area contributed by atoms with Crippen LogP contribution in [0.5, 0.6) is 0 Å². The fraction of sp³-hybridized carbons (Fsp3) is 0.680. The van der Waals surface area contributed by atoms with E-state index >= 15 is 0 Å². The highest BCUT2D eigenvalue weighted by Gasteiger charge is 2.17. The van der Waals surface area contributed by atoms with Crippen molar-refractivity contribution in [2.45, 2.75) is 90.4 Å². The Morgan fingerprint density at radius 3 is 2.21 bits per heavy atom. The van der Waals surface area contributed by atoms with Crippen molar-refractivity contribution in [3.05, 3.63) is 35.9 Å². The maximum atomic E-state index is 12.0. The fourth-order valence-electron chi connectivity index (χ4n) is 3.35. The third-order valence-electron chi connectivity index (χ3n) is 5.10. The van der Waals surface area contributed by atoms with Crippen LogP contribution in [0.15, 0.2) is 30.3 Å². The van der Waals surface area contributed by atoms with E-state index in [0.717, 1.165) is 50.5 Å². The summed E-state index contributed by atoms with van der Waals surface area (Å²) in [7, 11) is -1.97. The van der Waals surface area contributed by atoms with Crippen molar-refractivity contribution in [2.75, 3.05) is 19.3 Å². The zero-order valence-corrected chi connectivity index (χ0v) is 21.9. The average Bonchev–Trinajstić information content (AvgIpc) is 2.77. The number of carboxylic acids is 1. The minimum atomic E-state index is -1.97. The first kappa shape index (κ1) is 30.1. The predicted octanol–water partition coefficient (Wildman–Crippen LogP) is 5.37. The molecule has 0 fully saturated rings. The second-order valence-electron chi connectivity index (χ2n) is 9.43. The summed E-state index contributed by atoms with van der Waals surface area (Å²) in [6.45, 7) is 6.45. The molecule has 1 unspecified atom stereocenters. The normalized spacial score (nSPS) is 13.3. The van der Waals surface area contributed by atoms with Gasteiger partial charge in [-0.25, -0.2) is 4.79 Å². The SMILES string of the molecule is CC(C)(C)OC(=O)NCCN[C@H](CCCCCCCCC[PH](=O)OCc1ccccc1)C(=O)O. The van der Waals surface area contributed by atoms with Gasteiger partial charge in [0.25, 0.3) is 0 Å². The van der Waals surface area contributed by atoms with E-state index in [1.165, 1.54) is 0 Å². The molecule has 1 aromatic rings. The van der Waals surface area contributed by atoms with Gasteiger partial charge in [-0.1, -0.05) is 68.9 Å². The number of hydrogen-bond acceptors (Lipinski definition) is 6. The number of unbranched alkanes of at least 4 members (excludes halogenated alkanes) is 6. The minimum absolute atomic E-state index is 0.308. The number of alkyl carbamates (subject to hydrolysis) is 1. The molecule has 0 saturated carbocycles. The summed E-state index contributed by atoms with van der Waals surface area (Å²) in [5.74, 6) is -0.873. The third-order valence-corrected chi connectivity index (χ3v) is 6.33. The minimum Gasteiger partial charge on any atom is -0.480 e. The summed E-state index contributed by atoms with van der Waals surface area (Å²) in [5.41, 5.74) is 0.483. The zero-order chi connectivity index (χ0) is 25.2. The lowest BCUT2D eigenvalue weighted by Gasteiger charge is -2.20. The number of aliphatic carboxylic acids is 1. The molecule has 0 bridgehead atoms. The van der Waals surface area contributed by atoms with E-state index in [-0.39, 0.29) is 0 Å². The molecule has 194 valence electrons. The molecule has 34 heavy (non-hydrogen) atoms. The summed E-state index contributed by atoms with van der Waals surface area (Å²) < 4.78 is 22.6. The number of rotatable bonds is 18. The first-order chi connectivity index (χ1) is 16.2. The van der Waals surface area contributed by atoms with Crippen LogP contribution < -0.4 is 10.6 Å². The summed E-state index contributed by atoms with van der Waals surface area (Å²) in [6, 6.07) is 9.15. The van der Waals surface area contributed by atoms with Gasteiger partial charge in [0.05, 0.1) is 6.61 Å². The lowest BCUT2D eigenvalue weighted by atomic mass is 10.1. The Bertz CT molecular complexity index is 724. The Labute approximate surface area is 205 Å². The Balaban J connectivity index is 1.99. The van der Waals surface area contributed by atoms with Crippen LogP contribution in [0.3, 0.4) is 0 Å². The number of ether oxygens (including phenoxy) is 1. The van der Waals surface area contributed by atoms with Crippen molar-refractivity contribution in [3.63, 3.8) is 0 Å². The zero-order valence-electron chi connectivity index (χ0n) is 20.9. The topological polar surface area (TPSA) is 114 Å². The first-order valence-corrected chi connectivity index (χ1v) is 13.8. The number of carboxylic acid groups (broad SMARTS) is 1. The van der Waals surface area contributed by atoms with Crippen LogP contribution in [-0.4, -0.2) is 48.1 Å². The van der Waals surface area contributed by atoms with E-state index < -0.39 is 31.7 Å². The van der Waals surface area contributed by atoms with E-state index in [9.17, 15) is 19.3 Å². The second kappa shape index (κ2) is 17.5. The summed E-state index contributed by atoms with van der Waals surface area (Å²) >= 11 is 0. The van der Waals surface area contributed by atoms with Crippen molar-refractivity contribution in [1.29, 1.82) is 0 Å². The summed E-state index contributed by atoms with van der Waals surface area (Å²) in [4.78, 5) is 23.0. The highest BCUT2D eigenvalue weighted by Crippen LogP contribution is 2.26. The highest BCUT2D eigenvalue weighted by atomic mass is 31.1. The summed E-state index contributed by atoms with van der Waals surface area (Å²) in [6.07, 6.45) is 7.70. The first-order valence-electron chi connectivity index (χ1n) is 12.3. The van der Waals surface area contributed by atoms with E-state index in [2.05, 4.69) is 10.6 Å². The van der Waals surface area contributed by atoms with Gasteiger partial charge in [0.1, 0.15) is 11.6 Å². The number of hydrogen-bond donors (Lipinski definition) is 3. The van der Waals surface area contributed by atoms with E-state index in [1.54, 1.807) is 20.8 Å². The number of carbonyl (C=O) groups is 2. The van der Waals surface area contributed by atoms with Gasteiger partial charge in [0.15, 0.2) is 8.03 Å². The lowest BCUT2D eigenvalue weighted by Crippen LogP contribution is -2.42. The Morgan fingerprint density at radius 2 is 1.59 bits per heavy atom. The monoisotopic (exact) mass is 498 g/mol. The molecule has 9 heteroatoms. The largest absolute Gasteiger partial charge is 0.480 e. The molecule has 1 rings (SSSR count).